The standard InChI is InChI=1S/C23H34N6O2/c1-17(2)15-24-23(31)29-12-10-27(11-13-29)16-21-25-19-14-18(6-7-20(19)26(21)3)22(30)28-8-4-5-9-28/h6-7,14,17H,4-5,8-13,15-16H2,1-3H3,(H,24,31). The molecule has 0 unspecified atom stereocenters. The second-order valence-corrected chi connectivity index (χ2v) is 9.13. The van der Waals surface area contributed by atoms with Gasteiger partial charge in [0.05, 0.1) is 17.6 Å². The van der Waals surface area contributed by atoms with Crippen LogP contribution in [0.2, 0.25) is 0 Å². The number of piperazine rings is 1. The Kier molecular flexibility index (Phi) is 6.46. The summed E-state index contributed by atoms with van der Waals surface area (Å²) in [6.45, 7) is 10.5. The number of hydrogen-bond acceptors (Lipinski definition) is 4. The van der Waals surface area contributed by atoms with Gasteiger partial charge in [-0.25, -0.2) is 9.78 Å². The largest absolute Gasteiger partial charge is 0.339 e. The number of fused-ring (bicyclic) bond motifs is 1. The molecule has 3 heterocycles. The summed E-state index contributed by atoms with van der Waals surface area (Å²) in [5.41, 5.74) is 2.63. The molecule has 2 aliphatic rings. The van der Waals surface area contributed by atoms with Crippen LogP contribution in [0.25, 0.3) is 11.0 Å². The Morgan fingerprint density at radius 2 is 1.74 bits per heavy atom. The van der Waals surface area contributed by atoms with Crippen molar-refractivity contribution in [3.63, 3.8) is 0 Å². The molecule has 1 aromatic heterocycles. The quantitative estimate of drug-likeness (QED) is 0.796. The number of likely N-dealkylation sites (tertiary alicyclic amines) is 1. The molecule has 4 rings (SSSR count). The Morgan fingerprint density at radius 3 is 2.42 bits per heavy atom. The minimum Gasteiger partial charge on any atom is -0.339 e. The van der Waals surface area contributed by atoms with Crippen molar-refractivity contribution in [3.8, 4) is 0 Å². The number of hydrogen-bond donors (Lipinski definition) is 1. The highest BCUT2D eigenvalue weighted by Crippen LogP contribution is 2.21. The maximum absolute atomic E-state index is 12.7. The van der Waals surface area contributed by atoms with Gasteiger partial charge in [0.25, 0.3) is 5.91 Å². The Hall–Kier alpha value is -2.61. The van der Waals surface area contributed by atoms with Gasteiger partial charge in [-0.2, -0.15) is 0 Å². The summed E-state index contributed by atoms with van der Waals surface area (Å²) < 4.78 is 2.11. The van der Waals surface area contributed by atoms with E-state index in [4.69, 9.17) is 4.98 Å². The van der Waals surface area contributed by atoms with E-state index in [0.29, 0.717) is 12.5 Å². The number of nitrogens with zero attached hydrogens (tertiary/aromatic N) is 5. The first-order chi connectivity index (χ1) is 14.9. The minimum atomic E-state index is 0.0336. The average Bonchev–Trinajstić information content (AvgIpc) is 3.41. The third-order valence-corrected chi connectivity index (χ3v) is 6.30. The average molecular weight is 427 g/mol. The summed E-state index contributed by atoms with van der Waals surface area (Å²) in [7, 11) is 2.03. The summed E-state index contributed by atoms with van der Waals surface area (Å²) in [5, 5.41) is 3.00. The molecule has 8 heteroatoms. The van der Waals surface area contributed by atoms with Gasteiger partial charge in [-0.05, 0) is 37.0 Å². The van der Waals surface area contributed by atoms with Crippen molar-refractivity contribution in [2.45, 2.75) is 33.2 Å². The molecule has 0 radical (unpaired) electrons. The Morgan fingerprint density at radius 1 is 1.03 bits per heavy atom. The van der Waals surface area contributed by atoms with Crippen LogP contribution in [-0.2, 0) is 13.6 Å². The van der Waals surface area contributed by atoms with E-state index in [1.165, 1.54) is 0 Å². The van der Waals surface area contributed by atoms with Gasteiger partial charge >= 0.3 is 6.03 Å². The highest BCUT2D eigenvalue weighted by Gasteiger charge is 2.23. The number of urea groups is 1. The van der Waals surface area contributed by atoms with E-state index in [0.717, 1.165) is 81.1 Å². The van der Waals surface area contributed by atoms with Crippen molar-refractivity contribution in [1.29, 1.82) is 0 Å². The summed E-state index contributed by atoms with van der Waals surface area (Å²) in [4.78, 5) is 36.0. The highest BCUT2D eigenvalue weighted by molar-refractivity contribution is 5.97. The molecule has 1 aromatic carbocycles. The van der Waals surface area contributed by atoms with Crippen molar-refractivity contribution >= 4 is 23.0 Å². The molecular weight excluding hydrogens is 392 g/mol. The van der Waals surface area contributed by atoms with Crippen molar-refractivity contribution < 1.29 is 9.59 Å². The molecule has 2 fully saturated rings. The number of benzene rings is 1. The van der Waals surface area contributed by atoms with E-state index < -0.39 is 0 Å². The van der Waals surface area contributed by atoms with Crippen LogP contribution < -0.4 is 5.32 Å². The fourth-order valence-electron chi connectivity index (χ4n) is 4.34. The summed E-state index contributed by atoms with van der Waals surface area (Å²) in [6, 6.07) is 5.89. The minimum absolute atomic E-state index is 0.0336. The first kappa shape index (κ1) is 21.6. The van der Waals surface area contributed by atoms with Crippen LogP contribution in [0, 0.1) is 5.92 Å². The number of imidazole rings is 1. The number of carbonyl (C=O) groups excluding carboxylic acids is 2. The maximum atomic E-state index is 12.7. The molecule has 2 aliphatic heterocycles. The molecule has 1 N–H and O–H groups in total. The molecule has 168 valence electrons. The molecule has 0 atom stereocenters. The number of nitrogens with one attached hydrogen (secondary N) is 1. The number of rotatable bonds is 5. The smallest absolute Gasteiger partial charge is 0.317 e. The number of carbonyl (C=O) groups is 2. The van der Waals surface area contributed by atoms with Crippen molar-refractivity contribution in [2.75, 3.05) is 45.8 Å². The lowest BCUT2D eigenvalue weighted by atomic mass is 10.2. The van der Waals surface area contributed by atoms with Crippen LogP contribution >= 0.6 is 0 Å². The fraction of sp³-hybridized carbons (Fsp3) is 0.609. The lowest BCUT2D eigenvalue weighted by Gasteiger charge is -2.34. The predicted octanol–water partition coefficient (Wildman–Crippen LogP) is 2.29. The molecular formula is C23H34N6O2. The Balaban J connectivity index is 1.38. The number of amides is 3. The molecule has 0 spiro atoms. The van der Waals surface area contributed by atoms with E-state index in [9.17, 15) is 9.59 Å². The van der Waals surface area contributed by atoms with Gasteiger partial charge in [0.15, 0.2) is 0 Å². The molecule has 2 aromatic rings. The van der Waals surface area contributed by atoms with Gasteiger partial charge in [0.1, 0.15) is 5.82 Å². The van der Waals surface area contributed by atoms with Crippen molar-refractivity contribution in [1.82, 2.24) is 29.6 Å². The molecule has 2 saturated heterocycles. The zero-order valence-electron chi connectivity index (χ0n) is 18.9. The Bertz CT molecular complexity index is 939. The predicted molar refractivity (Wildman–Crippen MR) is 121 cm³/mol. The van der Waals surface area contributed by atoms with Crippen LogP contribution in [0.4, 0.5) is 4.79 Å². The molecule has 0 saturated carbocycles. The highest BCUT2D eigenvalue weighted by atomic mass is 16.2. The van der Waals surface area contributed by atoms with E-state index in [1.54, 1.807) is 0 Å². The Labute approximate surface area is 184 Å². The van der Waals surface area contributed by atoms with Crippen LogP contribution in [-0.4, -0.2) is 82.0 Å². The van der Waals surface area contributed by atoms with Crippen molar-refractivity contribution in [2.24, 2.45) is 13.0 Å². The van der Waals surface area contributed by atoms with Gasteiger partial charge in [0, 0.05) is 58.4 Å². The third-order valence-electron chi connectivity index (χ3n) is 6.30. The van der Waals surface area contributed by atoms with Gasteiger partial charge < -0.3 is 19.7 Å². The summed E-state index contributed by atoms with van der Waals surface area (Å²) in [5.74, 6) is 1.55. The second-order valence-electron chi connectivity index (χ2n) is 9.13. The van der Waals surface area contributed by atoms with Gasteiger partial charge in [-0.3, -0.25) is 9.69 Å². The lowest BCUT2D eigenvalue weighted by Crippen LogP contribution is -2.52. The zero-order valence-corrected chi connectivity index (χ0v) is 18.9. The van der Waals surface area contributed by atoms with Crippen LogP contribution in [0.1, 0.15) is 42.9 Å². The maximum Gasteiger partial charge on any atom is 0.317 e. The van der Waals surface area contributed by atoms with E-state index in [2.05, 4.69) is 28.6 Å². The normalized spacial score (nSPS) is 17.7. The topological polar surface area (TPSA) is 73.7 Å². The van der Waals surface area contributed by atoms with Crippen LogP contribution in [0.3, 0.4) is 0 Å². The van der Waals surface area contributed by atoms with Gasteiger partial charge in [-0.15, -0.1) is 0 Å². The summed E-state index contributed by atoms with van der Waals surface area (Å²) >= 11 is 0. The monoisotopic (exact) mass is 426 g/mol. The molecule has 3 amide bonds. The van der Waals surface area contributed by atoms with E-state index >= 15 is 0 Å². The van der Waals surface area contributed by atoms with Crippen molar-refractivity contribution in [3.05, 3.63) is 29.6 Å². The third kappa shape index (κ3) is 4.84. The number of aromatic nitrogens is 2. The van der Waals surface area contributed by atoms with E-state index in [-0.39, 0.29) is 11.9 Å². The first-order valence-corrected chi connectivity index (χ1v) is 11.4. The van der Waals surface area contributed by atoms with Gasteiger partial charge in [-0.1, -0.05) is 13.8 Å². The lowest BCUT2D eigenvalue weighted by molar-refractivity contribution is 0.0793. The molecule has 31 heavy (non-hydrogen) atoms. The first-order valence-electron chi connectivity index (χ1n) is 11.4. The molecule has 0 aliphatic carbocycles. The van der Waals surface area contributed by atoms with Gasteiger partial charge in [0.2, 0.25) is 0 Å². The fourth-order valence-corrected chi connectivity index (χ4v) is 4.34. The number of aryl methyl sites for hydroxylation is 1. The SMILES string of the molecule is CC(C)CNC(=O)N1CCN(Cc2nc3cc(C(=O)N4CCCC4)ccc3n2C)CC1. The second kappa shape index (κ2) is 9.26. The summed E-state index contributed by atoms with van der Waals surface area (Å²) in [6.07, 6.45) is 2.18. The van der Waals surface area contributed by atoms with Crippen LogP contribution in [0.15, 0.2) is 18.2 Å². The van der Waals surface area contributed by atoms with E-state index in [1.807, 2.05) is 35.0 Å². The molecule has 8 nitrogen and oxygen atoms in total. The van der Waals surface area contributed by atoms with Crippen LogP contribution in [0.5, 0.6) is 0 Å². The zero-order chi connectivity index (χ0) is 22.0. The molecule has 0 bridgehead atoms.